The highest BCUT2D eigenvalue weighted by molar-refractivity contribution is 5.85. The van der Waals surface area contributed by atoms with Crippen molar-refractivity contribution in [1.29, 1.82) is 0 Å². The minimum absolute atomic E-state index is 0.0926. The van der Waals surface area contributed by atoms with E-state index in [9.17, 15) is 22.4 Å². The summed E-state index contributed by atoms with van der Waals surface area (Å²) in [4.78, 5) is 16.7. The molecule has 1 amide bonds. The molecule has 9 heteroatoms. The molecule has 5 nitrogen and oxygen atoms in total. The molecule has 0 unspecified atom stereocenters. The van der Waals surface area contributed by atoms with Crippen molar-refractivity contribution in [1.82, 2.24) is 19.7 Å². The van der Waals surface area contributed by atoms with Gasteiger partial charge in [-0.25, -0.2) is 4.39 Å². The smallest absolute Gasteiger partial charge is 0.327 e. The molecule has 0 saturated carbocycles. The van der Waals surface area contributed by atoms with Gasteiger partial charge in [-0.1, -0.05) is 0 Å². The van der Waals surface area contributed by atoms with Crippen LogP contribution in [0.15, 0.2) is 42.6 Å². The first-order chi connectivity index (χ1) is 13.7. The molecule has 29 heavy (non-hydrogen) atoms. The maximum atomic E-state index is 13.4. The van der Waals surface area contributed by atoms with Crippen LogP contribution in [0.4, 0.5) is 17.6 Å². The normalized spacial score (nSPS) is 14.0. The van der Waals surface area contributed by atoms with Gasteiger partial charge in [-0.15, -0.1) is 0 Å². The fourth-order valence-corrected chi connectivity index (χ4v) is 3.48. The predicted octanol–water partition coefficient (Wildman–Crippen LogP) is 3.96. The number of alkyl halides is 3. The van der Waals surface area contributed by atoms with E-state index in [0.717, 1.165) is 16.2 Å². The maximum Gasteiger partial charge on any atom is 0.471 e. The molecule has 1 aliphatic rings. The molecule has 150 valence electrons. The van der Waals surface area contributed by atoms with Crippen molar-refractivity contribution in [3.05, 3.63) is 59.8 Å². The van der Waals surface area contributed by atoms with Crippen LogP contribution in [-0.4, -0.2) is 38.3 Å². The zero-order valence-corrected chi connectivity index (χ0v) is 15.4. The van der Waals surface area contributed by atoms with E-state index in [1.807, 2.05) is 0 Å². The summed E-state index contributed by atoms with van der Waals surface area (Å²) >= 11 is 0. The molecule has 0 saturated heterocycles. The molecule has 1 aromatic carbocycles. The van der Waals surface area contributed by atoms with E-state index in [4.69, 9.17) is 0 Å². The van der Waals surface area contributed by atoms with Gasteiger partial charge in [0.1, 0.15) is 11.5 Å². The lowest BCUT2D eigenvalue weighted by molar-refractivity contribution is -0.186. The van der Waals surface area contributed by atoms with Crippen molar-refractivity contribution in [2.75, 3.05) is 6.54 Å². The first kappa shape index (κ1) is 19.1. The average Bonchev–Trinajstić information content (AvgIpc) is 3.05. The molecule has 2 aromatic heterocycles. The second kappa shape index (κ2) is 6.98. The van der Waals surface area contributed by atoms with Gasteiger partial charge in [0.05, 0.1) is 18.8 Å². The van der Waals surface area contributed by atoms with Crippen LogP contribution in [-0.2, 0) is 17.9 Å². The lowest BCUT2D eigenvalue weighted by Crippen LogP contribution is -2.45. The molecule has 0 radical (unpaired) electrons. The standard InChI is InChI=1S/C20H16F4N4O/c1-12-10-14(6-7-25-12)17-16-11-27(19(29)20(22,23)24)8-9-28(16)26-18(17)13-2-4-15(21)5-3-13/h2-7,10H,8-9,11H2,1H3. The number of benzene rings is 1. The van der Waals surface area contributed by atoms with Gasteiger partial charge in [-0.3, -0.25) is 14.5 Å². The summed E-state index contributed by atoms with van der Waals surface area (Å²) in [6.07, 6.45) is -3.33. The minimum atomic E-state index is -4.94. The number of rotatable bonds is 2. The van der Waals surface area contributed by atoms with E-state index < -0.39 is 17.9 Å². The first-order valence-corrected chi connectivity index (χ1v) is 8.89. The van der Waals surface area contributed by atoms with Crippen LogP contribution in [0.2, 0.25) is 0 Å². The summed E-state index contributed by atoms with van der Waals surface area (Å²) in [7, 11) is 0. The largest absolute Gasteiger partial charge is 0.471 e. The number of nitrogens with zero attached hydrogens (tertiary/aromatic N) is 4. The topological polar surface area (TPSA) is 51.0 Å². The van der Waals surface area contributed by atoms with Crippen LogP contribution in [0.3, 0.4) is 0 Å². The van der Waals surface area contributed by atoms with E-state index >= 15 is 0 Å². The number of halogens is 4. The fourth-order valence-electron chi connectivity index (χ4n) is 3.48. The highest BCUT2D eigenvalue weighted by atomic mass is 19.4. The summed E-state index contributed by atoms with van der Waals surface area (Å²) in [5, 5.41) is 4.57. The van der Waals surface area contributed by atoms with Crippen molar-refractivity contribution < 1.29 is 22.4 Å². The number of aryl methyl sites for hydroxylation is 1. The molecular weight excluding hydrogens is 388 g/mol. The van der Waals surface area contributed by atoms with Crippen LogP contribution < -0.4 is 0 Å². The Morgan fingerprint density at radius 2 is 1.79 bits per heavy atom. The quantitative estimate of drug-likeness (QED) is 0.608. The summed E-state index contributed by atoms with van der Waals surface area (Å²) in [6.45, 7) is 1.62. The van der Waals surface area contributed by atoms with E-state index in [1.165, 1.54) is 12.1 Å². The highest BCUT2D eigenvalue weighted by Crippen LogP contribution is 2.37. The van der Waals surface area contributed by atoms with Gasteiger partial charge in [0.15, 0.2) is 0 Å². The molecular formula is C20H16F4N4O. The Kier molecular flexibility index (Phi) is 4.60. The van der Waals surface area contributed by atoms with Crippen LogP contribution in [0, 0.1) is 12.7 Å². The number of aromatic nitrogens is 3. The maximum absolute atomic E-state index is 13.4. The highest BCUT2D eigenvalue weighted by Gasteiger charge is 2.44. The molecule has 0 bridgehead atoms. The van der Waals surface area contributed by atoms with Gasteiger partial charge in [0, 0.05) is 29.6 Å². The van der Waals surface area contributed by atoms with Crippen molar-refractivity contribution in [2.24, 2.45) is 0 Å². The third kappa shape index (κ3) is 3.59. The number of hydrogen-bond acceptors (Lipinski definition) is 3. The monoisotopic (exact) mass is 404 g/mol. The van der Waals surface area contributed by atoms with Crippen LogP contribution in [0.1, 0.15) is 11.4 Å². The van der Waals surface area contributed by atoms with E-state index in [0.29, 0.717) is 22.5 Å². The molecule has 0 aliphatic carbocycles. The van der Waals surface area contributed by atoms with E-state index in [-0.39, 0.29) is 19.6 Å². The summed E-state index contributed by atoms with van der Waals surface area (Å²) < 4.78 is 53.8. The minimum Gasteiger partial charge on any atom is -0.327 e. The Bertz CT molecular complexity index is 1070. The average molecular weight is 404 g/mol. The Hall–Kier alpha value is -3.23. The summed E-state index contributed by atoms with van der Waals surface area (Å²) in [6, 6.07) is 9.28. The SMILES string of the molecule is Cc1cc(-c2c(-c3ccc(F)cc3)nn3c2CN(C(=O)C(F)(F)F)CC3)ccn1. The van der Waals surface area contributed by atoms with Gasteiger partial charge in [0.25, 0.3) is 0 Å². The third-order valence-electron chi connectivity index (χ3n) is 4.81. The molecule has 4 rings (SSSR count). The Morgan fingerprint density at radius 1 is 1.07 bits per heavy atom. The first-order valence-electron chi connectivity index (χ1n) is 8.89. The zero-order chi connectivity index (χ0) is 20.8. The van der Waals surface area contributed by atoms with Crippen molar-refractivity contribution in [3.63, 3.8) is 0 Å². The van der Waals surface area contributed by atoms with E-state index in [2.05, 4.69) is 10.1 Å². The summed E-state index contributed by atoms with van der Waals surface area (Å²) in [5.41, 5.74) is 3.71. The lowest BCUT2D eigenvalue weighted by atomic mass is 9.98. The fraction of sp³-hybridized carbons (Fsp3) is 0.250. The molecule has 0 spiro atoms. The van der Waals surface area contributed by atoms with Crippen molar-refractivity contribution in [3.8, 4) is 22.4 Å². The molecule has 1 aliphatic heterocycles. The summed E-state index contributed by atoms with van der Waals surface area (Å²) in [5.74, 6) is -2.27. The number of carbonyl (C=O) groups excluding carboxylic acids is 1. The van der Waals surface area contributed by atoms with Gasteiger partial charge in [-0.2, -0.15) is 18.3 Å². The van der Waals surface area contributed by atoms with Crippen molar-refractivity contribution >= 4 is 5.91 Å². The second-order valence-electron chi connectivity index (χ2n) is 6.81. The molecule has 0 fully saturated rings. The molecule has 3 aromatic rings. The number of carbonyl (C=O) groups is 1. The van der Waals surface area contributed by atoms with Crippen LogP contribution >= 0.6 is 0 Å². The second-order valence-corrected chi connectivity index (χ2v) is 6.81. The zero-order valence-electron chi connectivity index (χ0n) is 15.4. The Labute approximate surface area is 163 Å². The van der Waals surface area contributed by atoms with Gasteiger partial charge < -0.3 is 4.90 Å². The number of fused-ring (bicyclic) bond motifs is 1. The molecule has 3 heterocycles. The number of pyridine rings is 1. The van der Waals surface area contributed by atoms with Crippen molar-refractivity contribution in [2.45, 2.75) is 26.2 Å². The lowest BCUT2D eigenvalue weighted by Gasteiger charge is -2.29. The molecule has 0 atom stereocenters. The van der Waals surface area contributed by atoms with Gasteiger partial charge >= 0.3 is 12.1 Å². The van der Waals surface area contributed by atoms with E-state index in [1.54, 1.807) is 42.1 Å². The number of amides is 1. The van der Waals surface area contributed by atoms with Crippen LogP contribution in [0.5, 0.6) is 0 Å². The number of hydrogen-bond donors (Lipinski definition) is 0. The van der Waals surface area contributed by atoms with Gasteiger partial charge in [0.2, 0.25) is 0 Å². The predicted molar refractivity (Wildman–Crippen MR) is 97.1 cm³/mol. The third-order valence-corrected chi connectivity index (χ3v) is 4.81. The van der Waals surface area contributed by atoms with Crippen LogP contribution in [0.25, 0.3) is 22.4 Å². The molecule has 0 N–H and O–H groups in total. The Balaban J connectivity index is 1.86. The van der Waals surface area contributed by atoms with Gasteiger partial charge in [-0.05, 0) is 48.9 Å². The Morgan fingerprint density at radius 3 is 2.45 bits per heavy atom.